The van der Waals surface area contributed by atoms with E-state index in [2.05, 4.69) is 211 Å². The molecule has 2 aliphatic rings. The van der Waals surface area contributed by atoms with Crippen LogP contribution < -0.4 is 4.90 Å². The molecule has 266 valence electrons. The fourth-order valence-electron chi connectivity index (χ4n) is 9.96. The lowest BCUT2D eigenvalue weighted by molar-refractivity contribution is 0.669. The average Bonchev–Trinajstić information content (AvgIpc) is 3.91. The van der Waals surface area contributed by atoms with Gasteiger partial charge in [-0.1, -0.05) is 170 Å². The molecule has 1 spiro atoms. The maximum atomic E-state index is 6.52. The van der Waals surface area contributed by atoms with Crippen molar-refractivity contribution in [3.05, 3.63) is 235 Å². The molecule has 0 fully saturated rings. The van der Waals surface area contributed by atoms with Crippen LogP contribution in [0, 0.1) is 0 Å². The van der Waals surface area contributed by atoms with Crippen LogP contribution in [0.5, 0.6) is 0 Å². The molecule has 1 unspecified atom stereocenters. The van der Waals surface area contributed by atoms with Crippen LogP contribution in [0.25, 0.3) is 66.4 Å². The van der Waals surface area contributed by atoms with Crippen molar-refractivity contribution >= 4 is 39.0 Å². The summed E-state index contributed by atoms with van der Waals surface area (Å²) in [5.74, 6) is 0. The highest BCUT2D eigenvalue weighted by atomic mass is 16.3. The second-order valence-corrected chi connectivity index (χ2v) is 15.2. The first kappa shape index (κ1) is 31.9. The Hall–Kier alpha value is -7.42. The Bertz CT molecular complexity index is 3180. The van der Waals surface area contributed by atoms with Gasteiger partial charge in [0, 0.05) is 16.6 Å². The Balaban J connectivity index is 1.18. The number of furan rings is 1. The Labute approximate surface area is 331 Å². The highest BCUT2D eigenvalue weighted by molar-refractivity contribution is 6.14. The van der Waals surface area contributed by atoms with Crippen molar-refractivity contribution < 1.29 is 4.42 Å². The minimum atomic E-state index is -0.516. The number of nitrogens with zero attached hydrogens (tertiary/aromatic N) is 1. The van der Waals surface area contributed by atoms with Crippen LogP contribution in [-0.2, 0) is 5.41 Å². The van der Waals surface area contributed by atoms with Gasteiger partial charge in [0.2, 0.25) is 0 Å². The molecule has 0 bridgehead atoms. The topological polar surface area (TPSA) is 16.4 Å². The molecule has 0 N–H and O–H groups in total. The number of rotatable bonds is 5. The molecule has 2 nitrogen and oxygen atoms in total. The van der Waals surface area contributed by atoms with Crippen LogP contribution in [0.15, 0.2) is 217 Å². The van der Waals surface area contributed by atoms with Crippen molar-refractivity contribution in [1.29, 1.82) is 0 Å². The normalized spacial score (nSPS) is 14.7. The number of anilines is 3. The second kappa shape index (κ2) is 12.3. The monoisotopic (exact) mass is 725 g/mol. The molecule has 2 heteroatoms. The first-order valence-electron chi connectivity index (χ1n) is 19.7. The summed E-state index contributed by atoms with van der Waals surface area (Å²) in [5.41, 5.74) is 19.7. The second-order valence-electron chi connectivity index (χ2n) is 15.2. The van der Waals surface area contributed by atoms with Gasteiger partial charge in [0.15, 0.2) is 0 Å². The lowest BCUT2D eigenvalue weighted by atomic mass is 9.70. The van der Waals surface area contributed by atoms with E-state index in [1.165, 1.54) is 61.2 Å². The number of fused-ring (bicyclic) bond motifs is 13. The molecule has 12 rings (SSSR count). The Morgan fingerprint density at radius 3 is 1.63 bits per heavy atom. The van der Waals surface area contributed by atoms with Crippen LogP contribution in [0.4, 0.5) is 17.1 Å². The molecule has 0 radical (unpaired) electrons. The molecule has 0 aliphatic heterocycles. The zero-order valence-corrected chi connectivity index (χ0v) is 31.1. The van der Waals surface area contributed by atoms with Crippen molar-refractivity contribution in [2.45, 2.75) is 5.41 Å². The molecule has 1 aromatic heterocycles. The van der Waals surface area contributed by atoms with Gasteiger partial charge in [-0.15, -0.1) is 0 Å². The summed E-state index contributed by atoms with van der Waals surface area (Å²) in [4.78, 5) is 2.46. The van der Waals surface area contributed by atoms with Gasteiger partial charge in [-0.05, 0) is 104 Å². The van der Waals surface area contributed by atoms with E-state index < -0.39 is 5.41 Å². The smallest absolute Gasteiger partial charge is 0.137 e. The predicted octanol–water partition coefficient (Wildman–Crippen LogP) is 14.7. The number of hydrogen-bond acceptors (Lipinski definition) is 2. The van der Waals surface area contributed by atoms with Crippen LogP contribution in [0.1, 0.15) is 22.3 Å². The largest absolute Gasteiger partial charge is 0.456 e. The van der Waals surface area contributed by atoms with Gasteiger partial charge >= 0.3 is 0 Å². The summed E-state index contributed by atoms with van der Waals surface area (Å²) in [6.45, 7) is 0. The zero-order valence-electron chi connectivity index (χ0n) is 31.1. The molecule has 1 heterocycles. The Morgan fingerprint density at radius 2 is 0.877 bits per heavy atom. The lowest BCUT2D eigenvalue weighted by Gasteiger charge is -2.33. The maximum Gasteiger partial charge on any atom is 0.137 e. The molecule has 0 saturated carbocycles. The number of para-hydroxylation sites is 2. The molecule has 0 amide bonds. The van der Waals surface area contributed by atoms with Crippen molar-refractivity contribution in [3.63, 3.8) is 0 Å². The minimum Gasteiger partial charge on any atom is -0.456 e. The fraction of sp³-hybridized carbons (Fsp3) is 0.0182. The zero-order chi connectivity index (χ0) is 37.5. The van der Waals surface area contributed by atoms with E-state index in [-0.39, 0.29) is 0 Å². The minimum absolute atomic E-state index is 0.516. The predicted molar refractivity (Wildman–Crippen MR) is 236 cm³/mol. The van der Waals surface area contributed by atoms with E-state index in [4.69, 9.17) is 4.42 Å². The van der Waals surface area contributed by atoms with Gasteiger partial charge in [0.25, 0.3) is 0 Å². The lowest BCUT2D eigenvalue weighted by Crippen LogP contribution is -2.26. The van der Waals surface area contributed by atoms with E-state index in [1.54, 1.807) is 0 Å². The fourth-order valence-corrected chi connectivity index (χ4v) is 9.96. The molecular formula is C55H35NO. The van der Waals surface area contributed by atoms with Crippen LogP contribution in [-0.4, -0.2) is 0 Å². The van der Waals surface area contributed by atoms with E-state index in [0.29, 0.717) is 0 Å². The first-order valence-corrected chi connectivity index (χ1v) is 19.7. The van der Waals surface area contributed by atoms with Gasteiger partial charge in [0.1, 0.15) is 11.2 Å². The Kier molecular flexibility index (Phi) is 6.88. The van der Waals surface area contributed by atoms with Gasteiger partial charge in [-0.3, -0.25) is 0 Å². The van der Waals surface area contributed by atoms with Gasteiger partial charge < -0.3 is 9.32 Å². The van der Waals surface area contributed by atoms with Crippen LogP contribution >= 0.6 is 0 Å². The van der Waals surface area contributed by atoms with Crippen molar-refractivity contribution in [3.8, 4) is 44.5 Å². The highest BCUT2D eigenvalue weighted by Crippen LogP contribution is 2.64. The van der Waals surface area contributed by atoms with E-state index >= 15 is 0 Å². The highest BCUT2D eigenvalue weighted by Gasteiger charge is 2.52. The third kappa shape index (κ3) is 4.53. The summed E-state index contributed by atoms with van der Waals surface area (Å²) >= 11 is 0. The van der Waals surface area contributed by atoms with Crippen LogP contribution in [0.2, 0.25) is 0 Å². The van der Waals surface area contributed by atoms with Gasteiger partial charge in [-0.25, -0.2) is 0 Å². The molecule has 57 heavy (non-hydrogen) atoms. The average molecular weight is 726 g/mol. The van der Waals surface area contributed by atoms with Crippen molar-refractivity contribution in [2.24, 2.45) is 0 Å². The maximum absolute atomic E-state index is 6.52. The van der Waals surface area contributed by atoms with Crippen molar-refractivity contribution in [2.75, 3.05) is 4.90 Å². The summed E-state index contributed by atoms with van der Waals surface area (Å²) in [6.07, 6.45) is 0. The first-order chi connectivity index (χ1) is 28.3. The van der Waals surface area contributed by atoms with Gasteiger partial charge in [-0.2, -0.15) is 0 Å². The van der Waals surface area contributed by atoms with E-state index in [1.807, 2.05) is 6.07 Å². The molecular weight excluding hydrogens is 691 g/mol. The van der Waals surface area contributed by atoms with Gasteiger partial charge in [0.05, 0.1) is 22.2 Å². The molecule has 10 aromatic rings. The quantitative estimate of drug-likeness (QED) is 0.176. The summed E-state index contributed by atoms with van der Waals surface area (Å²) in [7, 11) is 0. The number of hydrogen-bond donors (Lipinski definition) is 0. The summed E-state index contributed by atoms with van der Waals surface area (Å²) in [5, 5.41) is 2.20. The molecule has 0 saturated heterocycles. The van der Waals surface area contributed by atoms with E-state index in [0.717, 1.165) is 44.6 Å². The molecule has 1 atom stereocenters. The number of benzene rings is 9. The van der Waals surface area contributed by atoms with E-state index in [9.17, 15) is 0 Å². The standard InChI is InChI=1S/C55H35NO/c1-3-16-36(17-4-1)38-30-32-43-41-21-7-11-24-46(41)55(48(43)34-38)47-25-12-8-22-42(47)44-33-31-39(35-49(44)55)56(50-26-13-9-20-40(50)37-18-5-2-6-19-37)51-27-15-29-53-54(51)45-23-10-14-28-52(45)57-53/h1-35H. The summed E-state index contributed by atoms with van der Waals surface area (Å²) < 4.78 is 6.52. The SMILES string of the molecule is c1ccc(-c2ccc3c(c2)C2(c4ccccc4-3)c3ccccc3-c3ccc(N(c4ccccc4-c4ccccc4)c4cccc5oc6ccccc6c45)cc32)cc1. The van der Waals surface area contributed by atoms with Crippen molar-refractivity contribution in [1.82, 2.24) is 0 Å². The third-order valence-corrected chi connectivity index (χ3v) is 12.3. The Morgan fingerprint density at radius 1 is 0.333 bits per heavy atom. The summed E-state index contributed by atoms with van der Waals surface area (Å²) in [6, 6.07) is 77.6. The molecule has 2 aliphatic carbocycles. The third-order valence-electron chi connectivity index (χ3n) is 12.3. The van der Waals surface area contributed by atoms with Crippen LogP contribution in [0.3, 0.4) is 0 Å². The molecule has 9 aromatic carbocycles.